The second-order valence-electron chi connectivity index (χ2n) is 8.88. The summed E-state index contributed by atoms with van der Waals surface area (Å²) in [5, 5.41) is 14.9. The maximum absolute atomic E-state index is 12.9. The van der Waals surface area contributed by atoms with E-state index in [0.717, 1.165) is 25.1 Å². The highest BCUT2D eigenvalue weighted by atomic mass is 19.4. The summed E-state index contributed by atoms with van der Waals surface area (Å²) in [6.45, 7) is 2.05. The van der Waals surface area contributed by atoms with E-state index in [1.54, 1.807) is 12.3 Å². The van der Waals surface area contributed by atoms with Crippen molar-refractivity contribution < 1.29 is 18.3 Å². The number of fused-ring (bicyclic) bond motifs is 1. The summed E-state index contributed by atoms with van der Waals surface area (Å²) in [4.78, 5) is 38.2. The molecule has 3 N–H and O–H groups in total. The lowest BCUT2D eigenvalue weighted by Crippen LogP contribution is -2.48. The van der Waals surface area contributed by atoms with Gasteiger partial charge in [-0.1, -0.05) is 0 Å². The molecule has 1 aliphatic carbocycles. The Morgan fingerprint density at radius 1 is 1.05 bits per heavy atom. The molecule has 2 aliphatic rings. The van der Waals surface area contributed by atoms with Crippen molar-refractivity contribution in [2.45, 2.75) is 25.1 Å². The van der Waals surface area contributed by atoms with Gasteiger partial charge in [0.25, 0.3) is 5.62 Å². The minimum absolute atomic E-state index is 0.176. The quantitative estimate of drug-likeness (QED) is 0.350. The van der Waals surface area contributed by atoms with Crippen molar-refractivity contribution in [2.75, 3.05) is 36.0 Å². The van der Waals surface area contributed by atoms with Crippen LogP contribution in [-0.4, -0.2) is 71.9 Å². The molecule has 1 saturated carbocycles. The summed E-state index contributed by atoms with van der Waals surface area (Å²) in [7, 11) is 0. The molecule has 0 atom stereocenters. The number of hydrogen-bond acceptors (Lipinski definition) is 9. The molecule has 0 bridgehead atoms. The highest BCUT2D eigenvalue weighted by Gasteiger charge is 2.31. The normalized spacial score (nSPS) is 17.8. The van der Waals surface area contributed by atoms with Gasteiger partial charge in [-0.05, 0) is 31.1 Å². The number of aromatic hydroxyl groups is 1. The fourth-order valence-electron chi connectivity index (χ4n) is 4.09. The molecule has 0 aromatic carbocycles. The maximum Gasteiger partial charge on any atom is 0.417 e. The van der Waals surface area contributed by atoms with Crippen molar-refractivity contribution >= 4 is 23.5 Å². The molecule has 0 amide bonds. The van der Waals surface area contributed by atoms with Gasteiger partial charge >= 0.3 is 11.9 Å². The number of nitrogens with one attached hydrogen (secondary N) is 2. The van der Waals surface area contributed by atoms with Crippen molar-refractivity contribution in [1.82, 2.24) is 34.5 Å². The summed E-state index contributed by atoms with van der Waals surface area (Å²) < 4.78 is 40.1. The van der Waals surface area contributed by atoms with Crippen LogP contribution in [0.3, 0.4) is 0 Å². The van der Waals surface area contributed by atoms with Gasteiger partial charge in [0.05, 0.1) is 17.8 Å². The molecule has 4 aromatic heterocycles. The first-order valence-electron chi connectivity index (χ1n) is 11.6. The molecule has 192 valence electrons. The fraction of sp³-hybridized carbons (Fsp3) is 0.364. The van der Waals surface area contributed by atoms with E-state index >= 15 is 0 Å². The fourth-order valence-corrected chi connectivity index (χ4v) is 4.09. The number of pyridine rings is 1. The van der Waals surface area contributed by atoms with Gasteiger partial charge in [-0.2, -0.15) is 32.8 Å². The summed E-state index contributed by atoms with van der Waals surface area (Å²) in [6, 6.07) is 2.59. The average molecular weight is 514 g/mol. The zero-order valence-corrected chi connectivity index (χ0v) is 19.3. The van der Waals surface area contributed by atoms with Crippen LogP contribution in [0.25, 0.3) is 11.7 Å². The van der Waals surface area contributed by atoms with Gasteiger partial charge in [0, 0.05) is 37.6 Å². The first-order valence-corrected chi connectivity index (χ1v) is 11.6. The van der Waals surface area contributed by atoms with Gasteiger partial charge in [-0.15, -0.1) is 0 Å². The van der Waals surface area contributed by atoms with E-state index in [9.17, 15) is 23.1 Å². The highest BCUT2D eigenvalue weighted by Crippen LogP contribution is 2.29. The van der Waals surface area contributed by atoms with Crippen LogP contribution < -0.4 is 26.3 Å². The van der Waals surface area contributed by atoms with Gasteiger partial charge in [0.1, 0.15) is 11.5 Å². The number of rotatable bonds is 4. The van der Waals surface area contributed by atoms with E-state index in [1.807, 2.05) is 9.80 Å². The molecule has 15 heteroatoms. The van der Waals surface area contributed by atoms with Crippen molar-refractivity contribution in [3.63, 3.8) is 0 Å². The summed E-state index contributed by atoms with van der Waals surface area (Å²) in [6.07, 6.45) is 1.47. The number of aromatic amines is 2. The van der Waals surface area contributed by atoms with Crippen molar-refractivity contribution in [2.24, 2.45) is 4.99 Å². The van der Waals surface area contributed by atoms with Gasteiger partial charge in [0.15, 0.2) is 5.65 Å². The molecule has 4 aromatic rings. The van der Waals surface area contributed by atoms with Crippen LogP contribution in [0.2, 0.25) is 0 Å². The zero-order chi connectivity index (χ0) is 25.7. The van der Waals surface area contributed by atoms with Crippen molar-refractivity contribution in [1.29, 1.82) is 0 Å². The van der Waals surface area contributed by atoms with Crippen LogP contribution in [0.5, 0.6) is 5.88 Å². The Kier molecular flexibility index (Phi) is 5.35. The Labute approximate surface area is 205 Å². The smallest absolute Gasteiger partial charge is 0.417 e. The highest BCUT2D eigenvalue weighted by molar-refractivity contribution is 5.57. The number of halogens is 3. The Balaban J connectivity index is 1.31. The molecule has 2 fully saturated rings. The molecule has 0 radical (unpaired) electrons. The standard InChI is InChI=1S/C22H21F3N10O2/c23-22(24,25)13-1-4-16(26-11-13)33-5-7-34(8-6-33)19-30-17-12(9-15-18(36)31-21(37)29-15)10-27-35(17)20(32-19)28-14-2-3-14/h1,4,9-11,14,36H,2-3,5-8H2,(H2,29,31,37)/b12-9-,28-20?. The molecule has 12 nitrogen and oxygen atoms in total. The van der Waals surface area contributed by atoms with Crippen molar-refractivity contribution in [3.05, 3.63) is 57.1 Å². The first kappa shape index (κ1) is 23.0. The predicted octanol–water partition coefficient (Wildman–Crippen LogP) is 0.198. The van der Waals surface area contributed by atoms with Gasteiger partial charge in [0.2, 0.25) is 11.8 Å². The SMILES string of the molecule is O=c1[nH]c(O)c(/C=c2/cnn3c(=NC4CC4)nc(N4CCN(c5ccc(C(F)(F)F)cn5)CC4)nc23)[nH]1. The zero-order valence-electron chi connectivity index (χ0n) is 19.3. The summed E-state index contributed by atoms with van der Waals surface area (Å²) in [5.74, 6) is 0.616. The van der Waals surface area contributed by atoms with Gasteiger partial charge < -0.3 is 19.9 Å². The Bertz CT molecular complexity index is 1630. The molecule has 37 heavy (non-hydrogen) atoms. The number of H-pyrrole nitrogens is 2. The second kappa shape index (κ2) is 8.60. The maximum atomic E-state index is 12.9. The predicted molar refractivity (Wildman–Crippen MR) is 125 cm³/mol. The number of anilines is 2. The third-order valence-electron chi connectivity index (χ3n) is 6.21. The van der Waals surface area contributed by atoms with E-state index in [2.05, 4.69) is 30.0 Å². The molecule has 1 aliphatic heterocycles. The molecule has 5 heterocycles. The number of alkyl halides is 3. The van der Waals surface area contributed by atoms with E-state index in [-0.39, 0.29) is 17.6 Å². The van der Waals surface area contributed by atoms with E-state index in [4.69, 9.17) is 4.98 Å². The largest absolute Gasteiger partial charge is 0.493 e. The van der Waals surface area contributed by atoms with Crippen LogP contribution in [0.15, 0.2) is 34.3 Å². The molecular formula is C22H21F3N10O2. The average Bonchev–Trinajstić information content (AvgIpc) is 3.51. The van der Waals surface area contributed by atoms with Crippen LogP contribution >= 0.6 is 0 Å². The van der Waals surface area contributed by atoms with Crippen LogP contribution in [-0.2, 0) is 6.18 Å². The van der Waals surface area contributed by atoms with Crippen LogP contribution in [0, 0.1) is 0 Å². The number of aromatic nitrogens is 7. The first-order chi connectivity index (χ1) is 17.7. The number of imidazole rings is 1. The third-order valence-corrected chi connectivity index (χ3v) is 6.21. The molecule has 6 rings (SSSR count). The lowest BCUT2D eigenvalue weighted by Gasteiger charge is -2.35. The summed E-state index contributed by atoms with van der Waals surface area (Å²) >= 11 is 0. The lowest BCUT2D eigenvalue weighted by molar-refractivity contribution is -0.137. The van der Waals surface area contributed by atoms with Crippen LogP contribution in [0.4, 0.5) is 24.9 Å². The molecule has 0 spiro atoms. The van der Waals surface area contributed by atoms with E-state index in [0.29, 0.717) is 54.4 Å². The monoisotopic (exact) mass is 514 g/mol. The Morgan fingerprint density at radius 2 is 1.81 bits per heavy atom. The second-order valence-corrected chi connectivity index (χ2v) is 8.88. The topological polar surface area (TPSA) is 144 Å². The number of piperazine rings is 1. The minimum atomic E-state index is -4.43. The van der Waals surface area contributed by atoms with Crippen molar-refractivity contribution in [3.8, 4) is 5.88 Å². The van der Waals surface area contributed by atoms with E-state index in [1.165, 1.54) is 10.6 Å². The van der Waals surface area contributed by atoms with E-state index < -0.39 is 17.4 Å². The molecule has 0 unspecified atom stereocenters. The van der Waals surface area contributed by atoms with Gasteiger partial charge in [-0.25, -0.2) is 14.8 Å². The van der Waals surface area contributed by atoms with Gasteiger partial charge in [-0.3, -0.25) is 4.98 Å². The Morgan fingerprint density at radius 3 is 2.43 bits per heavy atom. The number of nitrogens with zero attached hydrogens (tertiary/aromatic N) is 8. The molecular weight excluding hydrogens is 493 g/mol. The third kappa shape index (κ3) is 4.59. The minimum Gasteiger partial charge on any atom is -0.493 e. The number of hydrogen-bond donors (Lipinski definition) is 3. The summed E-state index contributed by atoms with van der Waals surface area (Å²) in [5.41, 5.74) is -0.272. The molecule has 1 saturated heterocycles. The Hall–Kier alpha value is -4.43. The lowest BCUT2D eigenvalue weighted by atomic mass is 10.2. The van der Waals surface area contributed by atoms with Crippen LogP contribution in [0.1, 0.15) is 24.1 Å².